The predicted octanol–water partition coefficient (Wildman–Crippen LogP) is 3.02. The number of amides is 1. The number of sulfonamides is 1. The average Bonchev–Trinajstić information content (AvgIpc) is 2.73. The molecule has 0 aliphatic carbocycles. The van der Waals surface area contributed by atoms with E-state index in [2.05, 4.69) is 5.32 Å². The first kappa shape index (κ1) is 21.5. The maximum atomic E-state index is 13.0. The van der Waals surface area contributed by atoms with Crippen LogP contribution in [0.15, 0.2) is 77.7 Å². The minimum atomic E-state index is -3.72. The molecule has 0 saturated heterocycles. The molecule has 0 unspecified atom stereocenters. The van der Waals surface area contributed by atoms with Gasteiger partial charge < -0.3 is 10.1 Å². The molecule has 0 bridgehead atoms. The van der Waals surface area contributed by atoms with Gasteiger partial charge in [0, 0.05) is 12.1 Å². The van der Waals surface area contributed by atoms with Gasteiger partial charge in [-0.05, 0) is 60.0 Å². The molecule has 0 aliphatic heterocycles. The van der Waals surface area contributed by atoms with E-state index in [1.165, 1.54) is 24.3 Å². The smallest absolute Gasteiger partial charge is 0.251 e. The van der Waals surface area contributed by atoms with Gasteiger partial charge in [0.05, 0.1) is 4.90 Å². The number of halogens is 1. The molecular formula is C22H21FN2O4S. The van der Waals surface area contributed by atoms with E-state index in [9.17, 15) is 17.6 Å². The number of benzene rings is 3. The summed E-state index contributed by atoms with van der Waals surface area (Å²) in [5.41, 5.74) is 2.15. The van der Waals surface area contributed by atoms with Crippen molar-refractivity contribution < 1.29 is 22.3 Å². The van der Waals surface area contributed by atoms with Crippen LogP contribution in [0.3, 0.4) is 0 Å². The third-order valence-corrected chi connectivity index (χ3v) is 5.30. The van der Waals surface area contributed by atoms with E-state index < -0.39 is 10.0 Å². The highest BCUT2D eigenvalue weighted by atomic mass is 32.2. The second-order valence-electron chi connectivity index (χ2n) is 6.64. The first-order chi connectivity index (χ1) is 14.3. The second-order valence-corrected chi connectivity index (χ2v) is 8.20. The van der Waals surface area contributed by atoms with Crippen LogP contribution in [0.5, 0.6) is 5.75 Å². The van der Waals surface area contributed by atoms with Crippen molar-refractivity contribution in [2.45, 2.75) is 17.9 Å². The third-order valence-electron chi connectivity index (χ3n) is 4.37. The molecule has 156 valence electrons. The molecule has 30 heavy (non-hydrogen) atoms. The van der Waals surface area contributed by atoms with Crippen LogP contribution in [-0.2, 0) is 23.1 Å². The fourth-order valence-electron chi connectivity index (χ4n) is 2.74. The molecule has 0 fully saturated rings. The maximum absolute atomic E-state index is 13.0. The van der Waals surface area contributed by atoms with Gasteiger partial charge in [-0.3, -0.25) is 4.79 Å². The molecule has 3 rings (SSSR count). The minimum absolute atomic E-state index is 0.0488. The molecule has 3 aromatic rings. The summed E-state index contributed by atoms with van der Waals surface area (Å²) in [6.45, 7) is 0.647. The summed E-state index contributed by atoms with van der Waals surface area (Å²) in [6.07, 6.45) is 0.539. The highest BCUT2D eigenvalue weighted by Gasteiger charge is 2.09. The molecule has 1 amide bonds. The fourth-order valence-corrected chi connectivity index (χ4v) is 3.26. The number of hydrogen-bond donors (Lipinski definition) is 2. The van der Waals surface area contributed by atoms with Gasteiger partial charge in [0.1, 0.15) is 18.2 Å². The van der Waals surface area contributed by atoms with E-state index in [4.69, 9.17) is 9.88 Å². The van der Waals surface area contributed by atoms with E-state index in [-0.39, 0.29) is 23.2 Å². The average molecular weight is 428 g/mol. The molecule has 0 spiro atoms. The van der Waals surface area contributed by atoms with Crippen molar-refractivity contribution in [3.05, 3.63) is 95.3 Å². The van der Waals surface area contributed by atoms with Crippen molar-refractivity contribution >= 4 is 15.9 Å². The van der Waals surface area contributed by atoms with Crippen molar-refractivity contribution in [1.82, 2.24) is 5.32 Å². The first-order valence-corrected chi connectivity index (χ1v) is 10.7. The Hall–Kier alpha value is -3.23. The van der Waals surface area contributed by atoms with Gasteiger partial charge in [0.2, 0.25) is 10.0 Å². The number of primary sulfonamides is 1. The summed E-state index contributed by atoms with van der Waals surface area (Å²) >= 11 is 0. The van der Waals surface area contributed by atoms with Crippen LogP contribution in [0.1, 0.15) is 21.5 Å². The summed E-state index contributed by atoms with van der Waals surface area (Å²) in [5, 5.41) is 7.89. The van der Waals surface area contributed by atoms with Crippen LogP contribution in [0, 0.1) is 5.82 Å². The number of hydrogen-bond acceptors (Lipinski definition) is 4. The Kier molecular flexibility index (Phi) is 6.81. The molecular weight excluding hydrogens is 407 g/mol. The summed E-state index contributed by atoms with van der Waals surface area (Å²) in [4.78, 5) is 12.4. The Labute approximate surface area is 174 Å². The number of nitrogens with two attached hydrogens (primary N) is 1. The molecule has 6 nitrogen and oxygen atoms in total. The summed E-state index contributed by atoms with van der Waals surface area (Å²) in [5.74, 6) is -0.0216. The summed E-state index contributed by atoms with van der Waals surface area (Å²) in [6, 6.07) is 19.0. The van der Waals surface area contributed by atoms with E-state index in [0.29, 0.717) is 24.3 Å². The lowest BCUT2D eigenvalue weighted by molar-refractivity contribution is 0.0953. The normalized spacial score (nSPS) is 11.1. The zero-order valence-electron chi connectivity index (χ0n) is 16.0. The molecule has 3 N–H and O–H groups in total. The number of carbonyl (C=O) groups excluding carboxylic acids is 1. The van der Waals surface area contributed by atoms with Crippen LogP contribution in [0.2, 0.25) is 0 Å². The lowest BCUT2D eigenvalue weighted by atomic mass is 10.1. The topological polar surface area (TPSA) is 98.5 Å². The Balaban J connectivity index is 1.51. The molecule has 0 aliphatic rings. The highest BCUT2D eigenvalue weighted by Crippen LogP contribution is 2.16. The van der Waals surface area contributed by atoms with Gasteiger partial charge in [-0.25, -0.2) is 17.9 Å². The minimum Gasteiger partial charge on any atom is -0.489 e. The first-order valence-electron chi connectivity index (χ1n) is 9.18. The Morgan fingerprint density at radius 1 is 0.967 bits per heavy atom. The second kappa shape index (κ2) is 9.51. The third kappa shape index (κ3) is 6.13. The SMILES string of the molecule is NS(=O)(=O)c1ccc(CCNC(=O)c2cccc(OCc3ccc(F)cc3)c2)cc1. The fraction of sp³-hybridized carbons (Fsp3) is 0.136. The highest BCUT2D eigenvalue weighted by molar-refractivity contribution is 7.89. The molecule has 3 aromatic carbocycles. The van der Waals surface area contributed by atoms with Crippen LogP contribution in [0.25, 0.3) is 0 Å². The van der Waals surface area contributed by atoms with Crippen molar-refractivity contribution in [1.29, 1.82) is 0 Å². The lowest BCUT2D eigenvalue weighted by Crippen LogP contribution is -2.25. The lowest BCUT2D eigenvalue weighted by Gasteiger charge is -2.09. The number of ether oxygens (including phenoxy) is 1. The standard InChI is InChI=1S/C22H21FN2O4S/c23-19-8-4-17(5-9-19)15-29-20-3-1-2-18(14-20)22(26)25-13-12-16-6-10-21(11-7-16)30(24,27)28/h1-11,14H,12-13,15H2,(H,25,26)(H2,24,27,28). The van der Waals surface area contributed by atoms with Crippen molar-refractivity contribution in [2.75, 3.05) is 6.54 Å². The van der Waals surface area contributed by atoms with E-state index in [0.717, 1.165) is 11.1 Å². The van der Waals surface area contributed by atoms with E-state index in [1.54, 1.807) is 48.5 Å². The number of rotatable bonds is 8. The van der Waals surface area contributed by atoms with Crippen molar-refractivity contribution in [3.63, 3.8) is 0 Å². The number of nitrogens with one attached hydrogen (secondary N) is 1. The predicted molar refractivity (Wildman–Crippen MR) is 111 cm³/mol. The zero-order chi connectivity index (χ0) is 21.6. The van der Waals surface area contributed by atoms with Gasteiger partial charge in [0.15, 0.2) is 0 Å². The van der Waals surface area contributed by atoms with Crippen LogP contribution < -0.4 is 15.2 Å². The van der Waals surface area contributed by atoms with Gasteiger partial charge in [-0.1, -0.05) is 30.3 Å². The van der Waals surface area contributed by atoms with Gasteiger partial charge in [0.25, 0.3) is 5.91 Å². The van der Waals surface area contributed by atoms with Crippen LogP contribution in [0.4, 0.5) is 4.39 Å². The van der Waals surface area contributed by atoms with Crippen LogP contribution in [-0.4, -0.2) is 20.9 Å². The molecule has 8 heteroatoms. The molecule has 0 atom stereocenters. The van der Waals surface area contributed by atoms with Gasteiger partial charge >= 0.3 is 0 Å². The Morgan fingerprint density at radius 3 is 2.30 bits per heavy atom. The van der Waals surface area contributed by atoms with Crippen molar-refractivity contribution in [2.24, 2.45) is 5.14 Å². The van der Waals surface area contributed by atoms with Gasteiger partial charge in [-0.15, -0.1) is 0 Å². The molecule has 0 heterocycles. The molecule has 0 radical (unpaired) electrons. The monoisotopic (exact) mass is 428 g/mol. The summed E-state index contributed by atoms with van der Waals surface area (Å²) in [7, 11) is -3.72. The quantitative estimate of drug-likeness (QED) is 0.576. The summed E-state index contributed by atoms with van der Waals surface area (Å²) < 4.78 is 41.2. The van der Waals surface area contributed by atoms with Crippen molar-refractivity contribution in [3.8, 4) is 5.75 Å². The Bertz CT molecular complexity index is 1110. The van der Waals surface area contributed by atoms with E-state index in [1.807, 2.05) is 0 Å². The van der Waals surface area contributed by atoms with Crippen LogP contribution >= 0.6 is 0 Å². The zero-order valence-corrected chi connectivity index (χ0v) is 16.9. The largest absolute Gasteiger partial charge is 0.489 e. The molecule has 0 saturated carbocycles. The Morgan fingerprint density at radius 2 is 1.63 bits per heavy atom. The number of carbonyl (C=O) groups is 1. The van der Waals surface area contributed by atoms with Gasteiger partial charge in [-0.2, -0.15) is 0 Å². The molecule has 0 aromatic heterocycles. The van der Waals surface area contributed by atoms with E-state index >= 15 is 0 Å². The maximum Gasteiger partial charge on any atom is 0.251 e.